The van der Waals surface area contributed by atoms with Crippen molar-refractivity contribution in [2.24, 2.45) is 11.8 Å². The second-order valence-corrected chi connectivity index (χ2v) is 4.46. The molecular weight excluding hydrogens is 280 g/mol. The zero-order valence-electron chi connectivity index (χ0n) is 9.70. The van der Waals surface area contributed by atoms with Crippen molar-refractivity contribution < 1.29 is 49.1 Å². The Hall–Kier alpha value is -2.20. The maximum atomic E-state index is 11.0. The van der Waals surface area contributed by atoms with Crippen LogP contribution in [0.5, 0.6) is 0 Å². The van der Waals surface area contributed by atoms with Gasteiger partial charge in [-0.1, -0.05) is 0 Å². The van der Waals surface area contributed by atoms with E-state index in [0.717, 1.165) is 0 Å². The van der Waals surface area contributed by atoms with E-state index in [-0.39, 0.29) is 0 Å². The molecule has 0 bridgehead atoms. The summed E-state index contributed by atoms with van der Waals surface area (Å²) in [7, 11) is 0. The molecule has 0 aromatic heterocycles. The Labute approximate surface area is 110 Å². The molecule has 10 nitrogen and oxygen atoms in total. The van der Waals surface area contributed by atoms with Crippen molar-refractivity contribution in [2.45, 2.75) is 24.4 Å². The summed E-state index contributed by atoms with van der Waals surface area (Å²) in [5.41, 5.74) is 0. The third-order valence-corrected chi connectivity index (χ3v) is 3.40. The number of carboxylic acid groups (broad SMARTS) is 4. The van der Waals surface area contributed by atoms with Crippen molar-refractivity contribution in [1.82, 2.24) is 0 Å². The molecule has 20 heavy (non-hydrogen) atoms. The predicted octanol–water partition coefficient (Wildman–Crippen LogP) is -1.91. The molecule has 2 aliphatic rings. The first-order chi connectivity index (χ1) is 9.25. The molecule has 110 valence electrons. The Kier molecular flexibility index (Phi) is 3.36. The molecule has 2 rings (SSSR count). The Morgan fingerprint density at radius 1 is 0.550 bits per heavy atom. The van der Waals surface area contributed by atoms with E-state index in [4.69, 9.17) is 29.9 Å². The van der Waals surface area contributed by atoms with E-state index in [1.165, 1.54) is 0 Å². The predicted molar refractivity (Wildman–Crippen MR) is 54.8 cm³/mol. The molecule has 2 heterocycles. The van der Waals surface area contributed by atoms with Gasteiger partial charge in [0, 0.05) is 11.8 Å². The summed E-state index contributed by atoms with van der Waals surface area (Å²) in [5, 5.41) is 35.9. The van der Waals surface area contributed by atoms with Crippen LogP contribution >= 0.6 is 0 Å². The second-order valence-electron chi connectivity index (χ2n) is 4.46. The monoisotopic (exact) mass is 290 g/mol. The highest BCUT2D eigenvalue weighted by atomic mass is 16.6. The SMILES string of the molecule is O=C(O)C1OC(C(=O)O)C2C(C(=O)O)OC(C(=O)O)C12. The molecule has 0 aliphatic carbocycles. The maximum absolute atomic E-state index is 11.0. The highest BCUT2D eigenvalue weighted by molar-refractivity contribution is 5.84. The third-order valence-electron chi connectivity index (χ3n) is 3.40. The van der Waals surface area contributed by atoms with Crippen molar-refractivity contribution in [3.05, 3.63) is 0 Å². The average Bonchev–Trinajstić information content (AvgIpc) is 2.83. The van der Waals surface area contributed by atoms with E-state index in [1.807, 2.05) is 0 Å². The normalized spacial score (nSPS) is 39.2. The summed E-state index contributed by atoms with van der Waals surface area (Å²) in [6.45, 7) is 0. The smallest absolute Gasteiger partial charge is 0.333 e. The van der Waals surface area contributed by atoms with Crippen molar-refractivity contribution in [3.8, 4) is 0 Å². The molecule has 10 heteroatoms. The number of aliphatic carboxylic acids is 4. The highest BCUT2D eigenvalue weighted by Gasteiger charge is 2.65. The van der Waals surface area contributed by atoms with E-state index in [2.05, 4.69) is 0 Å². The summed E-state index contributed by atoms with van der Waals surface area (Å²) in [6.07, 6.45) is -6.98. The molecule has 0 radical (unpaired) electrons. The lowest BCUT2D eigenvalue weighted by atomic mass is 9.82. The van der Waals surface area contributed by atoms with Crippen molar-refractivity contribution in [1.29, 1.82) is 0 Å². The van der Waals surface area contributed by atoms with E-state index in [9.17, 15) is 19.2 Å². The van der Waals surface area contributed by atoms with Crippen molar-refractivity contribution >= 4 is 23.9 Å². The van der Waals surface area contributed by atoms with Crippen LogP contribution in [-0.4, -0.2) is 68.7 Å². The molecule has 2 aliphatic heterocycles. The lowest BCUT2D eigenvalue weighted by Crippen LogP contribution is -2.38. The van der Waals surface area contributed by atoms with Crippen LogP contribution in [0.4, 0.5) is 0 Å². The van der Waals surface area contributed by atoms with E-state index in [1.54, 1.807) is 0 Å². The van der Waals surface area contributed by atoms with Gasteiger partial charge in [0.05, 0.1) is 0 Å². The zero-order valence-corrected chi connectivity index (χ0v) is 9.70. The van der Waals surface area contributed by atoms with Gasteiger partial charge >= 0.3 is 23.9 Å². The van der Waals surface area contributed by atoms with E-state index >= 15 is 0 Å². The van der Waals surface area contributed by atoms with Gasteiger partial charge in [-0.25, -0.2) is 19.2 Å². The first-order valence-corrected chi connectivity index (χ1v) is 5.48. The first kappa shape index (κ1) is 14.2. The minimum Gasteiger partial charge on any atom is -0.479 e. The van der Waals surface area contributed by atoms with Crippen LogP contribution in [0.25, 0.3) is 0 Å². The molecule has 2 fully saturated rings. The maximum Gasteiger partial charge on any atom is 0.333 e. The Morgan fingerprint density at radius 3 is 0.900 bits per heavy atom. The average molecular weight is 290 g/mol. The molecule has 2 saturated heterocycles. The van der Waals surface area contributed by atoms with Crippen LogP contribution in [0.2, 0.25) is 0 Å². The van der Waals surface area contributed by atoms with Crippen LogP contribution in [0.1, 0.15) is 0 Å². The minimum absolute atomic E-state index is 1.38. The molecule has 0 amide bonds. The number of carboxylic acids is 4. The number of hydrogen-bond donors (Lipinski definition) is 4. The highest BCUT2D eigenvalue weighted by Crippen LogP contribution is 2.45. The van der Waals surface area contributed by atoms with Crippen molar-refractivity contribution in [2.75, 3.05) is 0 Å². The molecule has 4 atom stereocenters. The van der Waals surface area contributed by atoms with Gasteiger partial charge in [-0.15, -0.1) is 0 Å². The largest absolute Gasteiger partial charge is 0.479 e. The Morgan fingerprint density at radius 2 is 0.750 bits per heavy atom. The van der Waals surface area contributed by atoms with Gasteiger partial charge in [0.25, 0.3) is 0 Å². The standard InChI is InChI=1S/C10H10O10/c11-7(12)3-1-2(5(19-3)9(15)16)6(10(17)18)20-4(1)8(13)14/h1-6H,(H,11,12)(H,13,14)(H,15,16)(H,17,18). The number of rotatable bonds is 4. The van der Waals surface area contributed by atoms with Crippen LogP contribution in [0.15, 0.2) is 0 Å². The third kappa shape index (κ3) is 1.98. The topological polar surface area (TPSA) is 168 Å². The fourth-order valence-corrected chi connectivity index (χ4v) is 2.69. The molecular formula is C10H10O10. The summed E-state index contributed by atoms with van der Waals surface area (Å²) >= 11 is 0. The van der Waals surface area contributed by atoms with Crippen LogP contribution in [-0.2, 0) is 28.7 Å². The van der Waals surface area contributed by atoms with Gasteiger partial charge < -0.3 is 29.9 Å². The quantitative estimate of drug-likeness (QED) is 0.458. The molecule has 0 saturated carbocycles. The van der Waals surface area contributed by atoms with Crippen LogP contribution < -0.4 is 0 Å². The van der Waals surface area contributed by atoms with Crippen molar-refractivity contribution in [3.63, 3.8) is 0 Å². The number of ether oxygens (including phenoxy) is 2. The lowest BCUT2D eigenvalue weighted by Gasteiger charge is -2.17. The minimum atomic E-state index is -1.74. The van der Waals surface area contributed by atoms with Gasteiger partial charge in [-0.3, -0.25) is 0 Å². The second kappa shape index (κ2) is 4.72. The molecule has 0 aromatic carbocycles. The lowest BCUT2D eigenvalue weighted by molar-refractivity contribution is -0.172. The summed E-state index contributed by atoms with van der Waals surface area (Å²) in [4.78, 5) is 44.2. The summed E-state index contributed by atoms with van der Waals surface area (Å²) in [5.74, 6) is -9.03. The van der Waals surface area contributed by atoms with Crippen LogP contribution in [0.3, 0.4) is 0 Å². The Bertz CT molecular complexity index is 400. The van der Waals surface area contributed by atoms with Gasteiger partial charge in [0.15, 0.2) is 24.4 Å². The Balaban J connectivity index is 2.45. The van der Waals surface area contributed by atoms with Crippen LogP contribution in [0, 0.1) is 11.8 Å². The summed E-state index contributed by atoms with van der Waals surface area (Å²) in [6, 6.07) is 0. The number of hydrogen-bond acceptors (Lipinski definition) is 6. The van der Waals surface area contributed by atoms with Gasteiger partial charge in [0.1, 0.15) is 0 Å². The van der Waals surface area contributed by atoms with Gasteiger partial charge in [-0.05, 0) is 0 Å². The van der Waals surface area contributed by atoms with E-state index in [0.29, 0.717) is 0 Å². The van der Waals surface area contributed by atoms with Gasteiger partial charge in [0.2, 0.25) is 0 Å². The molecule has 4 unspecified atom stereocenters. The first-order valence-electron chi connectivity index (χ1n) is 5.48. The molecule has 0 aromatic rings. The molecule has 4 N–H and O–H groups in total. The fraction of sp³-hybridized carbons (Fsp3) is 0.600. The number of fused-ring (bicyclic) bond motifs is 1. The summed E-state index contributed by atoms with van der Waals surface area (Å²) < 4.78 is 9.61. The van der Waals surface area contributed by atoms with E-state index < -0.39 is 60.1 Å². The van der Waals surface area contributed by atoms with Gasteiger partial charge in [-0.2, -0.15) is 0 Å². The number of carbonyl (C=O) groups is 4. The molecule has 0 spiro atoms. The zero-order chi connectivity index (χ0) is 15.2. The fourth-order valence-electron chi connectivity index (χ4n) is 2.69.